The first-order valence-corrected chi connectivity index (χ1v) is 19.0. The lowest BCUT2D eigenvalue weighted by molar-refractivity contribution is 0.0809. The van der Waals surface area contributed by atoms with Crippen molar-refractivity contribution in [2.24, 2.45) is 0 Å². The van der Waals surface area contributed by atoms with Crippen molar-refractivity contribution >= 4 is 86.8 Å². The van der Waals surface area contributed by atoms with Gasteiger partial charge in [0.1, 0.15) is 5.15 Å². The highest BCUT2D eigenvalue weighted by molar-refractivity contribution is 6.33. The highest BCUT2D eigenvalue weighted by Crippen LogP contribution is 2.39. The van der Waals surface area contributed by atoms with Crippen LogP contribution in [0.1, 0.15) is 50.9 Å². The van der Waals surface area contributed by atoms with Crippen LogP contribution in [0.15, 0.2) is 73.3 Å². The van der Waals surface area contributed by atoms with E-state index in [0.29, 0.717) is 103 Å². The lowest BCUT2D eigenvalue weighted by Gasteiger charge is -2.15. The van der Waals surface area contributed by atoms with Gasteiger partial charge in [0.2, 0.25) is 5.82 Å². The molecule has 0 saturated heterocycles. The number of para-hydroxylation sites is 2. The number of carbonyl (C=O) groups excluding carboxylic acids is 2. The summed E-state index contributed by atoms with van der Waals surface area (Å²) in [6.45, 7) is 14.5. The SMILES string of the molecule is C.COc1c(Cl)cccc1Nc1cc(Cl)nc2c1C(=O)N(C)C2.[C-]#[N+]c1cncc(Cc2cc(Nc3cccc(Cl)c3OC)c3c(n2)CN(C)C3=O)n1.[C-]#[N+]c1cncc(N)n1. The third-order valence-electron chi connectivity index (χ3n) is 8.89. The lowest BCUT2D eigenvalue weighted by Crippen LogP contribution is -2.18. The fraction of sp³-hybridized carbons (Fsp3) is 0.190. The summed E-state index contributed by atoms with van der Waals surface area (Å²) in [5.41, 5.74) is 11.4. The molecule has 0 fully saturated rings. The molecule has 2 amide bonds. The molecule has 62 heavy (non-hydrogen) atoms. The molecule has 6 aromatic rings. The molecule has 0 atom stereocenters. The molecule has 0 saturated carbocycles. The molecular weight excluding hydrogens is 857 g/mol. The van der Waals surface area contributed by atoms with E-state index in [1.807, 2.05) is 18.2 Å². The summed E-state index contributed by atoms with van der Waals surface area (Å²) in [5, 5.41) is 7.72. The summed E-state index contributed by atoms with van der Waals surface area (Å²) < 4.78 is 10.7. The Labute approximate surface area is 372 Å². The van der Waals surface area contributed by atoms with Gasteiger partial charge in [-0.25, -0.2) is 4.98 Å². The molecule has 0 bridgehead atoms. The average Bonchev–Trinajstić information content (AvgIpc) is 3.69. The van der Waals surface area contributed by atoms with Gasteiger partial charge in [-0.15, -0.1) is 4.98 Å². The van der Waals surface area contributed by atoms with E-state index in [-0.39, 0.29) is 36.7 Å². The van der Waals surface area contributed by atoms with Crippen LogP contribution in [0.2, 0.25) is 15.2 Å². The van der Waals surface area contributed by atoms with Crippen molar-refractivity contribution in [2.75, 3.05) is 44.7 Å². The van der Waals surface area contributed by atoms with E-state index in [0.717, 1.165) is 0 Å². The van der Waals surface area contributed by atoms with Crippen molar-refractivity contribution < 1.29 is 19.1 Å². The van der Waals surface area contributed by atoms with Gasteiger partial charge in [0, 0.05) is 14.1 Å². The predicted molar refractivity (Wildman–Crippen MR) is 238 cm³/mol. The molecule has 2 aliphatic rings. The van der Waals surface area contributed by atoms with Crippen LogP contribution >= 0.6 is 34.8 Å². The second-order valence-electron chi connectivity index (χ2n) is 13.1. The number of aromatic nitrogens is 6. The summed E-state index contributed by atoms with van der Waals surface area (Å²) in [4.78, 5) is 59.1. The molecule has 4 N–H and O–H groups in total. The van der Waals surface area contributed by atoms with E-state index in [2.05, 4.69) is 50.2 Å². The minimum Gasteiger partial charge on any atom is -0.493 e. The third kappa shape index (κ3) is 10.3. The smallest absolute Gasteiger partial charge is 0.290 e. The highest BCUT2D eigenvalue weighted by atomic mass is 35.5. The van der Waals surface area contributed by atoms with Crippen LogP contribution in [0.3, 0.4) is 0 Å². The van der Waals surface area contributed by atoms with Gasteiger partial charge in [-0.05, 0) is 36.4 Å². The molecule has 8 rings (SSSR count). The van der Waals surface area contributed by atoms with Crippen molar-refractivity contribution in [1.82, 2.24) is 39.7 Å². The standard InChI is InChI=1S/C21H17ClN6O2.C15H13Cl2N3O2.C5H4N4.CH4/c1-23-18-10-24-9-13(26-18)7-12-8-16(19-17(25-12)11-28(2)21(19)29)27-15-6-4-5-14(22)20(15)30-3;1-20-7-11-13(15(20)21)10(6-12(17)19-11)18-9-5-3-4-8(16)14(9)22-2;1-7-5-3-8-2-4(6)9-5;/h4-6,8-10H,7,11H2,2-3H3,(H,25,27);3-6H,7H2,1-2H3,(H,18,19);2-3H,(H2,6,9);1H4. The molecule has 2 aliphatic heterocycles. The monoisotopic (exact) mass is 893 g/mol. The first-order valence-electron chi connectivity index (χ1n) is 17.9. The summed E-state index contributed by atoms with van der Waals surface area (Å²) in [5.74, 6) is 1.53. The van der Waals surface area contributed by atoms with Gasteiger partial charge in [0.25, 0.3) is 23.5 Å². The molecule has 2 aromatic carbocycles. The zero-order chi connectivity index (χ0) is 43.8. The number of fused-ring (bicyclic) bond motifs is 2. The molecular formula is C42H38Cl3N13O4. The Hall–Kier alpha value is -7.31. The Morgan fingerprint density at radius 2 is 1.19 bits per heavy atom. The first kappa shape index (κ1) is 45.8. The Morgan fingerprint density at radius 3 is 1.69 bits per heavy atom. The Balaban J connectivity index is 0.000000198. The Kier molecular flexibility index (Phi) is 15.0. The van der Waals surface area contributed by atoms with Crippen LogP contribution in [-0.4, -0.2) is 79.8 Å². The third-order valence-corrected chi connectivity index (χ3v) is 9.68. The molecule has 0 spiro atoms. The Bertz CT molecular complexity index is 2740. The van der Waals surface area contributed by atoms with Gasteiger partial charge in [0.15, 0.2) is 17.2 Å². The molecule has 0 radical (unpaired) electrons. The minimum absolute atomic E-state index is 0. The quantitative estimate of drug-likeness (QED) is 0.0969. The largest absolute Gasteiger partial charge is 0.493 e. The van der Waals surface area contributed by atoms with Gasteiger partial charge in [-0.2, -0.15) is 0 Å². The van der Waals surface area contributed by atoms with E-state index in [9.17, 15) is 9.59 Å². The number of rotatable bonds is 8. The van der Waals surface area contributed by atoms with Crippen molar-refractivity contribution in [3.05, 3.63) is 145 Å². The van der Waals surface area contributed by atoms with E-state index in [1.54, 1.807) is 60.4 Å². The van der Waals surface area contributed by atoms with E-state index < -0.39 is 0 Å². The maximum absolute atomic E-state index is 12.7. The van der Waals surface area contributed by atoms with Crippen molar-refractivity contribution in [3.63, 3.8) is 0 Å². The van der Waals surface area contributed by atoms with Crippen molar-refractivity contribution in [2.45, 2.75) is 26.9 Å². The number of nitrogens with zero attached hydrogens (tertiary/aromatic N) is 10. The van der Waals surface area contributed by atoms with Crippen molar-refractivity contribution in [1.29, 1.82) is 0 Å². The number of nitrogens with two attached hydrogens (primary N) is 1. The predicted octanol–water partition coefficient (Wildman–Crippen LogP) is 8.98. The second-order valence-corrected chi connectivity index (χ2v) is 14.3. The fourth-order valence-corrected chi connectivity index (χ4v) is 6.97. The average molecular weight is 895 g/mol. The Morgan fingerprint density at radius 1 is 0.694 bits per heavy atom. The van der Waals surface area contributed by atoms with Crippen LogP contribution in [0, 0.1) is 13.1 Å². The number of benzene rings is 2. The van der Waals surface area contributed by atoms with E-state index >= 15 is 0 Å². The summed E-state index contributed by atoms with van der Waals surface area (Å²) in [6.07, 6.45) is 6.16. The molecule has 17 nitrogen and oxygen atoms in total. The van der Waals surface area contributed by atoms with Crippen LogP contribution in [0.4, 0.5) is 40.2 Å². The van der Waals surface area contributed by atoms with Crippen LogP contribution in [0.25, 0.3) is 9.69 Å². The fourth-order valence-electron chi connectivity index (χ4n) is 6.25. The zero-order valence-electron chi connectivity index (χ0n) is 32.9. The number of carbonyl (C=O) groups is 2. The highest BCUT2D eigenvalue weighted by Gasteiger charge is 2.31. The number of anilines is 5. The molecule has 20 heteroatoms. The van der Waals surface area contributed by atoms with Crippen LogP contribution in [0.5, 0.6) is 11.5 Å². The van der Waals surface area contributed by atoms with Crippen LogP contribution < -0.4 is 25.8 Å². The van der Waals surface area contributed by atoms with Gasteiger partial charge < -0.3 is 45.3 Å². The number of amides is 2. The van der Waals surface area contributed by atoms with Gasteiger partial charge in [-0.3, -0.25) is 24.5 Å². The van der Waals surface area contributed by atoms with Crippen LogP contribution in [-0.2, 0) is 19.5 Å². The minimum atomic E-state index is -0.109. The number of ether oxygens (including phenoxy) is 2. The number of pyridine rings is 2. The summed E-state index contributed by atoms with van der Waals surface area (Å²) >= 11 is 18.4. The topological polar surface area (TPSA) is 195 Å². The maximum Gasteiger partial charge on any atom is 0.290 e. The molecule has 316 valence electrons. The lowest BCUT2D eigenvalue weighted by atomic mass is 10.1. The van der Waals surface area contributed by atoms with Gasteiger partial charge in [0.05, 0.1) is 120 Å². The number of hydrogen-bond acceptors (Lipinski definition) is 13. The number of methoxy groups -OCH3 is 2. The normalized spacial score (nSPS) is 12.0. The summed E-state index contributed by atoms with van der Waals surface area (Å²) in [7, 11) is 6.53. The number of nitrogens with one attached hydrogen (secondary N) is 2. The first-order chi connectivity index (χ1) is 29.3. The maximum atomic E-state index is 12.7. The van der Waals surface area contributed by atoms with Gasteiger partial charge >= 0.3 is 0 Å². The molecule has 0 unspecified atom stereocenters. The number of halogens is 3. The van der Waals surface area contributed by atoms with E-state index in [1.165, 1.54) is 32.8 Å². The molecule has 4 aromatic heterocycles. The molecule has 0 aliphatic carbocycles. The van der Waals surface area contributed by atoms with E-state index in [4.69, 9.17) is 63.2 Å². The second kappa shape index (κ2) is 20.3. The van der Waals surface area contributed by atoms with Crippen molar-refractivity contribution in [3.8, 4) is 11.5 Å². The van der Waals surface area contributed by atoms with Gasteiger partial charge in [-0.1, -0.05) is 72.5 Å². The number of nitrogen functional groups attached to an aromatic ring is 1. The zero-order valence-corrected chi connectivity index (χ0v) is 35.1. The molecule has 6 heterocycles. The summed E-state index contributed by atoms with van der Waals surface area (Å²) in [6, 6.07) is 14.1. The number of hydrogen-bond donors (Lipinski definition) is 3.